The van der Waals surface area contributed by atoms with Gasteiger partial charge in [-0.3, -0.25) is 15.8 Å². The molecule has 0 aromatic carbocycles. The van der Waals surface area contributed by atoms with Crippen LogP contribution in [0.3, 0.4) is 0 Å². The molecule has 0 rings (SSSR count). The smallest absolute Gasteiger partial charge is 0.478 e. The maximum atomic E-state index is 8.97. The molecule has 0 aromatic rings. The maximum Gasteiger partial charge on any atom is 3.00 e. The van der Waals surface area contributed by atoms with Crippen LogP contribution in [0.5, 0.6) is 0 Å². The van der Waals surface area contributed by atoms with Crippen LogP contribution in [0, 0.1) is 0 Å². The van der Waals surface area contributed by atoms with Crippen molar-refractivity contribution in [2.75, 3.05) is 0 Å². The van der Waals surface area contributed by atoms with Crippen molar-refractivity contribution in [2.24, 2.45) is 0 Å². The Morgan fingerprint density at radius 1 is 0.688 bits per heavy atom. The van der Waals surface area contributed by atoms with Crippen molar-refractivity contribution in [3.05, 3.63) is 0 Å². The summed E-state index contributed by atoms with van der Waals surface area (Å²) in [5.74, 6) is 0. The van der Waals surface area contributed by atoms with Gasteiger partial charge in [0.25, 0.3) is 0 Å². The van der Waals surface area contributed by atoms with Crippen LogP contribution in [0.2, 0.25) is 0 Å². The molecule has 12 nitrogen and oxygen atoms in total. The van der Waals surface area contributed by atoms with Gasteiger partial charge in [-0.05, 0) is 0 Å². The van der Waals surface area contributed by atoms with E-state index in [-0.39, 0.29) is 17.1 Å². The molecule has 0 aliphatic heterocycles. The number of hydrogen-bond acceptors (Lipinski definition) is 12. The summed E-state index contributed by atoms with van der Waals surface area (Å²) in [6.45, 7) is 0. The first-order valence-electron chi connectivity index (χ1n) is 2.38. The predicted molar refractivity (Wildman–Crippen MR) is 30.5 cm³/mol. The van der Waals surface area contributed by atoms with Crippen molar-refractivity contribution < 1.29 is 74.3 Å². The second-order valence-electron chi connectivity index (χ2n) is 1.02. The Kier molecular flexibility index (Phi) is 30.2. The van der Waals surface area contributed by atoms with Crippen LogP contribution in [0.1, 0.15) is 0 Å². The largest absolute Gasteiger partial charge is 3.00 e. The van der Waals surface area contributed by atoms with Crippen LogP contribution < -0.4 is 14.4 Å². The normalized spacial score (nSPS) is 6.19. The van der Waals surface area contributed by atoms with Crippen molar-refractivity contribution in [3.63, 3.8) is 0 Å². The van der Waals surface area contributed by atoms with Gasteiger partial charge in [0.2, 0.25) is 0 Å². The Hall–Kier alpha value is -0.750. The van der Waals surface area contributed by atoms with Gasteiger partial charge in [0, 0.05) is 0 Å². The molecule has 0 saturated carbocycles. The average molecular weight is 335 g/mol. The molecule has 0 bridgehead atoms. The Morgan fingerprint density at radius 3 is 0.750 bits per heavy atom. The summed E-state index contributed by atoms with van der Waals surface area (Å²) >= 11 is 0. The van der Waals surface area contributed by atoms with E-state index < -0.39 is 27.5 Å². The fourth-order valence-corrected chi connectivity index (χ4v) is 0. The molecule has 0 aliphatic carbocycles. The van der Waals surface area contributed by atoms with Gasteiger partial charge in [0.05, 0.1) is 0 Å². The van der Waals surface area contributed by atoms with Crippen LogP contribution in [0.25, 0.3) is 0 Å². The molecular formula is H3FeO12Si3. The van der Waals surface area contributed by atoms with Crippen molar-refractivity contribution in [1.29, 1.82) is 0 Å². The Morgan fingerprint density at radius 2 is 0.750 bits per heavy atom. The van der Waals surface area contributed by atoms with Crippen molar-refractivity contribution in [3.8, 4) is 0 Å². The zero-order valence-corrected chi connectivity index (χ0v) is 11.0. The quantitative estimate of drug-likeness (QED) is 0.251. The summed E-state index contributed by atoms with van der Waals surface area (Å²) in [6, 6.07) is 0. The molecule has 0 saturated heterocycles. The molecular weight excluding hydrogens is 332 g/mol. The fraction of sp³-hybridized carbons (Fsp3) is 0. The Labute approximate surface area is 102 Å². The fourth-order valence-electron chi connectivity index (χ4n) is 0. The van der Waals surface area contributed by atoms with Gasteiger partial charge in [-0.15, -0.1) is 0 Å². The van der Waals surface area contributed by atoms with Gasteiger partial charge in [0.1, 0.15) is 0 Å². The van der Waals surface area contributed by atoms with E-state index in [1.165, 1.54) is 0 Å². The van der Waals surface area contributed by atoms with Crippen molar-refractivity contribution >= 4 is 27.5 Å². The molecule has 16 heteroatoms. The van der Waals surface area contributed by atoms with E-state index >= 15 is 0 Å². The van der Waals surface area contributed by atoms with Gasteiger partial charge < -0.3 is 41.5 Å². The minimum Gasteiger partial charge on any atom is -0.478 e. The number of rotatable bonds is 3. The first-order chi connectivity index (χ1) is 6.81. The minimum atomic E-state index is -3.32. The van der Waals surface area contributed by atoms with Crippen molar-refractivity contribution in [1.82, 2.24) is 0 Å². The molecule has 1 radical (unpaired) electrons. The molecule has 0 amide bonds. The van der Waals surface area contributed by atoms with E-state index in [2.05, 4.69) is 13.7 Å². The predicted octanol–water partition coefficient (Wildman–Crippen LogP) is -5.25. The van der Waals surface area contributed by atoms with Crippen LogP contribution in [0.4, 0.5) is 0 Å². The maximum absolute atomic E-state index is 8.97. The van der Waals surface area contributed by atoms with E-state index in [1.54, 1.807) is 0 Å². The zero-order chi connectivity index (χ0) is 12.9. The zero-order valence-electron chi connectivity index (χ0n) is 6.87. The third-order valence-electron chi connectivity index (χ3n) is 0.224. The second-order valence-corrected chi connectivity index (χ2v) is 3.07. The monoisotopic (exact) mass is 335 g/mol. The first-order valence-corrected chi connectivity index (χ1v) is 6.06. The summed E-state index contributed by atoms with van der Waals surface area (Å²) in [5, 5.41) is 21.2. The summed E-state index contributed by atoms with van der Waals surface area (Å²) in [7, 11) is -9.96. The minimum absolute atomic E-state index is 0. The second kappa shape index (κ2) is 19.8. The van der Waals surface area contributed by atoms with Gasteiger partial charge in [-0.2, -0.15) is 0 Å². The summed E-state index contributed by atoms with van der Waals surface area (Å²) < 4.78 is 35.1. The molecule has 0 unspecified atom stereocenters. The molecule has 0 aromatic heterocycles. The molecule has 95 valence electrons. The summed E-state index contributed by atoms with van der Waals surface area (Å²) in [4.78, 5) is 26.9. The van der Waals surface area contributed by atoms with Crippen LogP contribution in [-0.2, 0) is 44.2 Å². The van der Waals surface area contributed by atoms with Gasteiger partial charge in [-0.1, -0.05) is 0 Å². The summed E-state index contributed by atoms with van der Waals surface area (Å²) in [6.07, 6.45) is 0. The molecule has 3 N–H and O–H groups in total. The van der Waals surface area contributed by atoms with Crippen molar-refractivity contribution in [2.45, 2.75) is 0 Å². The van der Waals surface area contributed by atoms with Crippen LogP contribution >= 0.6 is 0 Å². The van der Waals surface area contributed by atoms with Gasteiger partial charge >= 0.3 is 44.6 Å². The molecule has 0 fully saturated rings. The van der Waals surface area contributed by atoms with Crippen LogP contribution in [0.15, 0.2) is 0 Å². The van der Waals surface area contributed by atoms with Gasteiger partial charge in [0.15, 0.2) is 0 Å². The molecule has 16 heavy (non-hydrogen) atoms. The van der Waals surface area contributed by atoms with E-state index in [9.17, 15) is 0 Å². The van der Waals surface area contributed by atoms with Gasteiger partial charge in [-0.25, -0.2) is 0 Å². The molecule has 0 aliphatic rings. The SMILES string of the molecule is O=[Si]([O-])OO.O=[Si]([O-])OO.O=[Si]([O-])OO.[Fe+3]. The third kappa shape index (κ3) is 72.1. The molecule has 0 atom stereocenters. The van der Waals surface area contributed by atoms with E-state index in [0.29, 0.717) is 0 Å². The van der Waals surface area contributed by atoms with Crippen LogP contribution in [-0.4, -0.2) is 43.3 Å². The average Bonchev–Trinajstić information content (AvgIpc) is 2.19. The molecule has 0 spiro atoms. The molecule has 0 heterocycles. The number of hydrogen-bond donors (Lipinski definition) is 3. The topological polar surface area (TPSA) is 209 Å². The van der Waals surface area contributed by atoms with E-state index in [1.807, 2.05) is 0 Å². The summed E-state index contributed by atoms with van der Waals surface area (Å²) in [5.41, 5.74) is 0. The Bertz CT molecular complexity index is 155. The standard InChI is InChI=1S/Fe.3HO4Si/c;3*1-4-5(2)3/h;3*1H/q+3;3*-1. The Balaban J connectivity index is -0.0000000655. The first kappa shape index (κ1) is 24.5. The van der Waals surface area contributed by atoms with E-state index in [0.717, 1.165) is 0 Å². The van der Waals surface area contributed by atoms with E-state index in [4.69, 9.17) is 43.5 Å². The third-order valence-corrected chi connectivity index (χ3v) is 0.671.